The van der Waals surface area contributed by atoms with Crippen molar-refractivity contribution in [3.05, 3.63) is 0 Å². The van der Waals surface area contributed by atoms with Crippen molar-refractivity contribution in [3.8, 4) is 0 Å². The first kappa shape index (κ1) is 14.0. The number of hydrogen-bond acceptors (Lipinski definition) is 5. The maximum absolute atomic E-state index is 10.7. The van der Waals surface area contributed by atoms with Gasteiger partial charge >= 0.3 is 18.3 Å². The first-order valence-corrected chi connectivity index (χ1v) is 10.9. The van der Waals surface area contributed by atoms with Gasteiger partial charge in [-0.2, -0.15) is 16.8 Å². The van der Waals surface area contributed by atoms with Crippen LogP contribution in [0, 0.1) is 0 Å². The van der Waals surface area contributed by atoms with Crippen LogP contribution in [0.1, 0.15) is 0 Å². The maximum Gasteiger partial charge on any atom is 0.399 e. The van der Waals surface area contributed by atoms with Crippen LogP contribution in [0.5, 0.6) is 0 Å². The predicted octanol–water partition coefficient (Wildman–Crippen LogP) is 0.474. The van der Waals surface area contributed by atoms with Crippen molar-refractivity contribution in [2.45, 2.75) is 25.7 Å². The van der Waals surface area contributed by atoms with Crippen LogP contribution in [0.2, 0.25) is 25.7 Å². The highest BCUT2D eigenvalue weighted by Gasteiger charge is 2.28. The van der Waals surface area contributed by atoms with Crippen molar-refractivity contribution in [3.63, 3.8) is 0 Å². The van der Waals surface area contributed by atoms with Crippen molar-refractivity contribution in [1.29, 1.82) is 0 Å². The van der Waals surface area contributed by atoms with Crippen molar-refractivity contribution in [1.82, 2.24) is 0 Å². The quantitative estimate of drug-likeness (QED) is 0.439. The van der Waals surface area contributed by atoms with Gasteiger partial charge in [0.1, 0.15) is 0 Å². The standard InChI is InChI=1S/C5H14O6S2Si/c1-14(2,3)5-4-11-13(9,10)12(6,7)8/h4-5H2,1-3H3,(H,6,7,8). The summed E-state index contributed by atoms with van der Waals surface area (Å²) in [7, 11) is -11.5. The second-order valence-electron chi connectivity index (χ2n) is 3.97. The molecule has 0 atom stereocenters. The van der Waals surface area contributed by atoms with E-state index in [2.05, 4.69) is 4.18 Å². The van der Waals surface area contributed by atoms with Gasteiger partial charge in [-0.05, 0) is 6.04 Å². The summed E-state index contributed by atoms with van der Waals surface area (Å²) in [5.41, 5.74) is 0. The van der Waals surface area contributed by atoms with Crippen LogP contribution in [0.25, 0.3) is 0 Å². The zero-order valence-electron chi connectivity index (χ0n) is 8.22. The van der Waals surface area contributed by atoms with E-state index >= 15 is 0 Å². The zero-order chi connectivity index (χ0) is 11.6. The molecule has 14 heavy (non-hydrogen) atoms. The highest BCUT2D eigenvalue weighted by Crippen LogP contribution is 2.10. The molecule has 1 N–H and O–H groups in total. The van der Waals surface area contributed by atoms with E-state index in [1.807, 2.05) is 19.6 Å². The molecular weight excluding hydrogens is 248 g/mol. The third-order valence-electron chi connectivity index (χ3n) is 1.34. The summed E-state index contributed by atoms with van der Waals surface area (Å²) in [5.74, 6) is 0. The van der Waals surface area contributed by atoms with E-state index in [0.717, 1.165) is 0 Å². The van der Waals surface area contributed by atoms with E-state index in [-0.39, 0.29) is 6.61 Å². The summed E-state index contributed by atoms with van der Waals surface area (Å²) in [6.45, 7) is 5.74. The minimum Gasteiger partial charge on any atom is -0.272 e. The fourth-order valence-electron chi connectivity index (χ4n) is 0.511. The molecule has 0 aromatic rings. The van der Waals surface area contributed by atoms with Crippen LogP contribution in [0.4, 0.5) is 0 Å². The largest absolute Gasteiger partial charge is 0.399 e. The molecule has 0 bridgehead atoms. The fourth-order valence-corrected chi connectivity index (χ4v) is 2.35. The Balaban J connectivity index is 4.32. The fraction of sp³-hybridized carbons (Fsp3) is 1.00. The molecule has 86 valence electrons. The Hall–Kier alpha value is 0.0369. The molecule has 6 nitrogen and oxygen atoms in total. The molecule has 0 radical (unpaired) electrons. The molecule has 0 heterocycles. The average Bonchev–Trinajstić information content (AvgIpc) is 1.80. The third kappa shape index (κ3) is 5.05. The van der Waals surface area contributed by atoms with Crippen molar-refractivity contribution >= 4 is 26.4 Å². The van der Waals surface area contributed by atoms with Crippen molar-refractivity contribution < 1.29 is 25.6 Å². The maximum atomic E-state index is 10.7. The summed E-state index contributed by atoms with van der Waals surface area (Å²) in [5, 5.41) is 0. The first-order chi connectivity index (χ1) is 5.96. The molecule has 0 saturated carbocycles. The van der Waals surface area contributed by atoms with Crippen molar-refractivity contribution in [2.24, 2.45) is 0 Å². The predicted molar refractivity (Wildman–Crippen MR) is 54.6 cm³/mol. The first-order valence-electron chi connectivity index (χ1n) is 3.82. The van der Waals surface area contributed by atoms with E-state index in [0.29, 0.717) is 6.04 Å². The highest BCUT2D eigenvalue weighted by molar-refractivity contribution is 8.63. The Labute approximate surface area is 84.6 Å². The van der Waals surface area contributed by atoms with Gasteiger partial charge in [-0.1, -0.05) is 19.6 Å². The van der Waals surface area contributed by atoms with Crippen LogP contribution in [0.15, 0.2) is 0 Å². The van der Waals surface area contributed by atoms with E-state index in [4.69, 9.17) is 4.55 Å². The lowest BCUT2D eigenvalue weighted by Gasteiger charge is -2.14. The Morgan fingerprint density at radius 1 is 1.14 bits per heavy atom. The monoisotopic (exact) mass is 262 g/mol. The van der Waals surface area contributed by atoms with Crippen LogP contribution < -0.4 is 0 Å². The Kier molecular flexibility index (Phi) is 4.28. The molecule has 0 saturated heterocycles. The summed E-state index contributed by atoms with van der Waals surface area (Å²) in [4.78, 5) is 0. The molecule has 0 aliphatic rings. The lowest BCUT2D eigenvalue weighted by molar-refractivity contribution is 0.341. The topological polar surface area (TPSA) is 97.7 Å². The molecule has 0 unspecified atom stereocenters. The van der Waals surface area contributed by atoms with E-state index in [1.54, 1.807) is 0 Å². The number of rotatable bonds is 5. The normalized spacial score (nSPS) is 14.3. The van der Waals surface area contributed by atoms with Crippen LogP contribution in [-0.2, 0) is 22.5 Å². The van der Waals surface area contributed by atoms with Gasteiger partial charge in [0.2, 0.25) is 0 Å². The molecule has 0 fully saturated rings. The molecule has 0 aromatic carbocycles. The summed E-state index contributed by atoms with van der Waals surface area (Å²) < 4.78 is 54.3. The molecule has 0 aliphatic carbocycles. The molecular formula is C5H14O6S2Si. The highest BCUT2D eigenvalue weighted by atomic mass is 33.2. The zero-order valence-corrected chi connectivity index (χ0v) is 10.9. The minimum atomic E-state index is -5.15. The third-order valence-corrected chi connectivity index (χ3v) is 5.85. The van der Waals surface area contributed by atoms with E-state index < -0.39 is 26.4 Å². The minimum absolute atomic E-state index is 0.210. The number of hydrogen-bond donors (Lipinski definition) is 1. The smallest absolute Gasteiger partial charge is 0.272 e. The van der Waals surface area contributed by atoms with Crippen molar-refractivity contribution in [2.75, 3.05) is 6.61 Å². The van der Waals surface area contributed by atoms with Crippen LogP contribution in [-0.4, -0.2) is 36.1 Å². The van der Waals surface area contributed by atoms with Gasteiger partial charge in [0.25, 0.3) is 0 Å². The average molecular weight is 262 g/mol. The Morgan fingerprint density at radius 2 is 1.57 bits per heavy atom. The Bertz CT molecular complexity index is 375. The van der Waals surface area contributed by atoms with E-state index in [1.165, 1.54) is 0 Å². The van der Waals surface area contributed by atoms with Gasteiger partial charge < -0.3 is 0 Å². The molecule has 0 spiro atoms. The van der Waals surface area contributed by atoms with Gasteiger partial charge in [0, 0.05) is 8.07 Å². The van der Waals surface area contributed by atoms with Gasteiger partial charge in [0.15, 0.2) is 0 Å². The Morgan fingerprint density at radius 3 is 1.86 bits per heavy atom. The molecule has 9 heteroatoms. The summed E-state index contributed by atoms with van der Waals surface area (Å²) in [6.07, 6.45) is 0. The second-order valence-corrected chi connectivity index (χ2v) is 14.0. The molecule has 0 rings (SSSR count). The lowest BCUT2D eigenvalue weighted by atomic mass is 10.9. The van der Waals surface area contributed by atoms with Gasteiger partial charge in [-0.15, -0.1) is 0 Å². The van der Waals surface area contributed by atoms with Crippen LogP contribution in [0.3, 0.4) is 0 Å². The van der Waals surface area contributed by atoms with Gasteiger partial charge in [-0.25, -0.2) is 0 Å². The summed E-state index contributed by atoms with van der Waals surface area (Å²) in [6, 6.07) is 0.502. The van der Waals surface area contributed by atoms with Gasteiger partial charge in [0.05, 0.1) is 6.61 Å². The van der Waals surface area contributed by atoms with Gasteiger partial charge in [-0.3, -0.25) is 8.74 Å². The van der Waals surface area contributed by atoms with E-state index in [9.17, 15) is 16.8 Å². The molecule has 0 amide bonds. The SMILES string of the molecule is C[Si](C)(C)CCOS(=O)(=O)S(=O)(=O)O. The molecule has 0 aromatic heterocycles. The molecule has 0 aliphatic heterocycles. The summed E-state index contributed by atoms with van der Waals surface area (Å²) >= 11 is 0. The lowest BCUT2D eigenvalue weighted by Crippen LogP contribution is -2.24. The van der Waals surface area contributed by atoms with Crippen LogP contribution >= 0.6 is 0 Å². The second kappa shape index (κ2) is 4.27.